The maximum Gasteiger partial charge on any atom is 0.253 e. The first-order valence-electron chi connectivity index (χ1n) is 11.1. The average molecular weight is 491 g/mol. The van der Waals surface area contributed by atoms with Crippen molar-refractivity contribution >= 4 is 23.2 Å². The third-order valence-electron chi connectivity index (χ3n) is 5.69. The molecule has 1 aliphatic rings. The van der Waals surface area contributed by atoms with Gasteiger partial charge in [0.1, 0.15) is 5.75 Å². The fourth-order valence-electron chi connectivity index (χ4n) is 4.07. The Labute approximate surface area is 207 Å². The minimum absolute atomic E-state index is 0.120. The van der Waals surface area contributed by atoms with Crippen LogP contribution >= 0.6 is 11.6 Å². The maximum atomic E-state index is 12.7. The minimum atomic E-state index is -0.120. The van der Waals surface area contributed by atoms with Crippen LogP contribution in [0.2, 0.25) is 5.02 Å². The molecule has 0 unspecified atom stereocenters. The molecule has 0 aliphatic carbocycles. The summed E-state index contributed by atoms with van der Waals surface area (Å²) in [6.07, 6.45) is 9.63. The van der Waals surface area contributed by atoms with E-state index < -0.39 is 0 Å². The number of anilines is 1. The number of para-hydroxylation sites is 1. The van der Waals surface area contributed by atoms with E-state index in [4.69, 9.17) is 21.1 Å². The van der Waals surface area contributed by atoms with Crippen molar-refractivity contribution in [1.29, 1.82) is 0 Å². The first kappa shape index (κ1) is 22.7. The van der Waals surface area contributed by atoms with Gasteiger partial charge in [-0.1, -0.05) is 17.7 Å². The lowest BCUT2D eigenvalue weighted by Gasteiger charge is -2.21. The Kier molecular flexibility index (Phi) is 6.49. The molecule has 0 saturated carbocycles. The van der Waals surface area contributed by atoms with Crippen LogP contribution in [0.4, 0.5) is 5.69 Å². The van der Waals surface area contributed by atoms with Crippen molar-refractivity contribution in [3.63, 3.8) is 0 Å². The lowest BCUT2D eigenvalue weighted by Crippen LogP contribution is -2.33. The van der Waals surface area contributed by atoms with E-state index in [0.29, 0.717) is 53.8 Å². The molecule has 178 valence electrons. The number of nitrogens with one attached hydrogen (secondary N) is 2. The first-order valence-corrected chi connectivity index (χ1v) is 11.5. The molecule has 35 heavy (non-hydrogen) atoms. The maximum absolute atomic E-state index is 12.7. The van der Waals surface area contributed by atoms with Crippen molar-refractivity contribution in [3.8, 4) is 22.8 Å². The van der Waals surface area contributed by atoms with Gasteiger partial charge in [0.2, 0.25) is 0 Å². The van der Waals surface area contributed by atoms with Crippen molar-refractivity contribution in [1.82, 2.24) is 24.9 Å². The van der Waals surface area contributed by atoms with Gasteiger partial charge in [0.05, 0.1) is 53.3 Å². The van der Waals surface area contributed by atoms with Crippen LogP contribution < -0.4 is 20.2 Å². The van der Waals surface area contributed by atoms with Crippen LogP contribution in [0.3, 0.4) is 0 Å². The van der Waals surface area contributed by atoms with Crippen molar-refractivity contribution in [2.24, 2.45) is 0 Å². The molecule has 0 radical (unpaired) electrons. The third-order valence-corrected chi connectivity index (χ3v) is 5.99. The molecule has 0 spiro atoms. The van der Waals surface area contributed by atoms with Gasteiger partial charge in [0.15, 0.2) is 5.75 Å². The Morgan fingerprint density at radius 1 is 1.14 bits per heavy atom. The molecule has 1 amide bonds. The number of aromatic nitrogens is 4. The van der Waals surface area contributed by atoms with Crippen molar-refractivity contribution in [2.45, 2.75) is 12.8 Å². The highest BCUT2D eigenvalue weighted by Crippen LogP contribution is 2.37. The van der Waals surface area contributed by atoms with Gasteiger partial charge >= 0.3 is 0 Å². The SMILES string of the molecule is COc1c(Cl)cccc1Nn1c(-c2ccncc2OCCc2cnccn2)cc2c1CCNC2=O. The van der Waals surface area contributed by atoms with Crippen LogP contribution in [0.1, 0.15) is 21.7 Å². The number of nitrogens with zero attached hydrogens (tertiary/aromatic N) is 4. The summed E-state index contributed by atoms with van der Waals surface area (Å²) in [6, 6.07) is 9.19. The molecular weight excluding hydrogens is 468 g/mol. The quantitative estimate of drug-likeness (QED) is 0.387. The lowest BCUT2D eigenvalue weighted by molar-refractivity contribution is 0.0945. The summed E-state index contributed by atoms with van der Waals surface area (Å²) >= 11 is 6.35. The number of carbonyl (C=O) groups excluding carboxylic acids is 1. The summed E-state index contributed by atoms with van der Waals surface area (Å²) in [4.78, 5) is 25.3. The fraction of sp³-hybridized carbons (Fsp3) is 0.200. The van der Waals surface area contributed by atoms with E-state index in [0.717, 1.165) is 22.6 Å². The van der Waals surface area contributed by atoms with Crippen LogP contribution in [-0.4, -0.2) is 45.8 Å². The van der Waals surface area contributed by atoms with Gasteiger partial charge in [-0.3, -0.25) is 29.8 Å². The van der Waals surface area contributed by atoms with E-state index in [-0.39, 0.29) is 5.91 Å². The molecule has 0 saturated heterocycles. The summed E-state index contributed by atoms with van der Waals surface area (Å²) in [5.41, 5.74) is 7.91. The van der Waals surface area contributed by atoms with Gasteiger partial charge < -0.3 is 14.8 Å². The predicted molar refractivity (Wildman–Crippen MR) is 132 cm³/mol. The number of fused-ring (bicyclic) bond motifs is 1. The highest BCUT2D eigenvalue weighted by Gasteiger charge is 2.26. The number of hydrogen-bond acceptors (Lipinski definition) is 7. The second-order valence-corrected chi connectivity index (χ2v) is 8.24. The molecule has 4 heterocycles. The Morgan fingerprint density at radius 2 is 2.03 bits per heavy atom. The van der Waals surface area contributed by atoms with Crippen LogP contribution in [0.15, 0.2) is 61.3 Å². The van der Waals surface area contributed by atoms with Gasteiger partial charge in [0.25, 0.3) is 5.91 Å². The van der Waals surface area contributed by atoms with Crippen LogP contribution in [0.25, 0.3) is 11.3 Å². The second kappa shape index (κ2) is 10.0. The van der Waals surface area contributed by atoms with E-state index >= 15 is 0 Å². The number of pyridine rings is 1. The highest BCUT2D eigenvalue weighted by atomic mass is 35.5. The second-order valence-electron chi connectivity index (χ2n) is 7.83. The Morgan fingerprint density at radius 3 is 2.86 bits per heavy atom. The first-order chi connectivity index (χ1) is 17.2. The number of hydrogen-bond donors (Lipinski definition) is 2. The van der Waals surface area contributed by atoms with E-state index in [9.17, 15) is 4.79 Å². The highest BCUT2D eigenvalue weighted by molar-refractivity contribution is 6.32. The standard InChI is InChI=1S/C25H23ClN6O3/c1-34-24-19(26)3-2-4-20(24)31-32-21-6-9-30-25(33)18(21)13-22(32)17-5-8-27-15-23(17)35-12-7-16-14-28-10-11-29-16/h2-5,8,10-11,13-15,31H,6-7,9,12H2,1H3,(H,30,33). The molecule has 0 fully saturated rings. The molecule has 3 aromatic heterocycles. The van der Waals surface area contributed by atoms with Crippen molar-refractivity contribution in [3.05, 3.63) is 83.3 Å². The third kappa shape index (κ3) is 4.63. The monoisotopic (exact) mass is 490 g/mol. The van der Waals surface area contributed by atoms with Gasteiger partial charge in [0, 0.05) is 49.7 Å². The minimum Gasteiger partial charge on any atom is -0.493 e. The topological polar surface area (TPSA) is 103 Å². The molecule has 2 N–H and O–H groups in total. The van der Waals surface area contributed by atoms with Crippen LogP contribution in [0.5, 0.6) is 11.5 Å². The number of rotatable bonds is 8. The molecule has 4 aromatic rings. The fourth-order valence-corrected chi connectivity index (χ4v) is 4.32. The van der Waals surface area contributed by atoms with Gasteiger partial charge in [-0.15, -0.1) is 0 Å². The number of ether oxygens (including phenoxy) is 2. The number of amides is 1. The van der Waals surface area contributed by atoms with Crippen LogP contribution in [-0.2, 0) is 12.8 Å². The Balaban J connectivity index is 1.53. The van der Waals surface area contributed by atoms with Gasteiger partial charge in [-0.2, -0.15) is 0 Å². The molecule has 5 rings (SSSR count). The molecule has 10 heteroatoms. The number of methoxy groups -OCH3 is 1. The summed E-state index contributed by atoms with van der Waals surface area (Å²) < 4.78 is 13.5. The predicted octanol–water partition coefficient (Wildman–Crippen LogP) is 3.78. The van der Waals surface area contributed by atoms with Gasteiger partial charge in [-0.25, -0.2) is 0 Å². The van der Waals surface area contributed by atoms with E-state index in [1.54, 1.807) is 44.2 Å². The summed E-state index contributed by atoms with van der Waals surface area (Å²) in [7, 11) is 1.57. The molecular formula is C25H23ClN6O3. The molecule has 0 atom stereocenters. The average Bonchev–Trinajstić information content (AvgIpc) is 3.24. The zero-order valence-corrected chi connectivity index (χ0v) is 19.7. The van der Waals surface area contributed by atoms with E-state index in [2.05, 4.69) is 25.7 Å². The lowest BCUT2D eigenvalue weighted by atomic mass is 10.1. The van der Waals surface area contributed by atoms with Crippen molar-refractivity contribution < 1.29 is 14.3 Å². The smallest absolute Gasteiger partial charge is 0.253 e. The summed E-state index contributed by atoms with van der Waals surface area (Å²) in [5.74, 6) is 0.982. The van der Waals surface area contributed by atoms with Gasteiger partial charge in [-0.05, 0) is 24.3 Å². The molecule has 1 aromatic carbocycles. The normalized spacial score (nSPS) is 12.6. The van der Waals surface area contributed by atoms with E-state index in [1.807, 2.05) is 28.9 Å². The largest absolute Gasteiger partial charge is 0.493 e. The Hall–Kier alpha value is -4.11. The number of carbonyl (C=O) groups is 1. The zero-order valence-electron chi connectivity index (χ0n) is 19.0. The van der Waals surface area contributed by atoms with Crippen LogP contribution in [0, 0.1) is 0 Å². The number of halogens is 1. The Bertz CT molecular complexity index is 1360. The molecule has 9 nitrogen and oxygen atoms in total. The summed E-state index contributed by atoms with van der Waals surface area (Å²) in [5, 5.41) is 3.39. The van der Waals surface area contributed by atoms with Crippen molar-refractivity contribution in [2.75, 3.05) is 25.7 Å². The molecule has 1 aliphatic heterocycles. The number of benzene rings is 1. The zero-order chi connectivity index (χ0) is 24.2. The molecule has 0 bridgehead atoms. The summed E-state index contributed by atoms with van der Waals surface area (Å²) in [6.45, 7) is 0.940. The van der Waals surface area contributed by atoms with E-state index in [1.165, 1.54) is 0 Å².